The number of pyridine rings is 1. The number of fused-ring (bicyclic) bond motifs is 1. The van der Waals surface area contributed by atoms with Gasteiger partial charge in [0.15, 0.2) is 0 Å². The van der Waals surface area contributed by atoms with Crippen molar-refractivity contribution >= 4 is 34.5 Å². The second kappa shape index (κ2) is 8.87. The molecule has 1 unspecified atom stereocenters. The summed E-state index contributed by atoms with van der Waals surface area (Å²) >= 11 is 6.29. The molecule has 0 aliphatic heterocycles. The first-order valence-electron chi connectivity index (χ1n) is 8.94. The first-order valence-corrected chi connectivity index (χ1v) is 9.32. The third-order valence-corrected chi connectivity index (χ3v) is 4.90. The van der Waals surface area contributed by atoms with Crippen molar-refractivity contribution in [2.24, 2.45) is 0 Å². The summed E-state index contributed by atoms with van der Waals surface area (Å²) in [5, 5.41) is 4.45. The highest BCUT2D eigenvalue weighted by atomic mass is 35.5. The molecule has 0 aliphatic rings. The van der Waals surface area contributed by atoms with E-state index in [2.05, 4.69) is 10.3 Å². The Labute approximate surface area is 168 Å². The molecule has 3 aromatic rings. The lowest BCUT2D eigenvalue weighted by molar-refractivity contribution is -0.116. The van der Waals surface area contributed by atoms with Crippen LogP contribution in [0.25, 0.3) is 17.0 Å². The zero-order chi connectivity index (χ0) is 20.1. The van der Waals surface area contributed by atoms with Gasteiger partial charge >= 0.3 is 0 Å². The summed E-state index contributed by atoms with van der Waals surface area (Å²) in [4.78, 5) is 29.3. The Balaban J connectivity index is 1.70. The molecule has 0 bridgehead atoms. The van der Waals surface area contributed by atoms with E-state index in [1.807, 2.05) is 67.5 Å². The molecule has 2 N–H and O–H groups in total. The SMILES string of the molecule is CN(C)C(CNC(=O)/C=C/c1cc2ccccc2[nH]c1=O)c1ccccc1Cl. The number of nitrogens with zero attached hydrogens (tertiary/aromatic N) is 1. The fraction of sp³-hybridized carbons (Fsp3) is 0.182. The Hall–Kier alpha value is -2.89. The van der Waals surface area contributed by atoms with Crippen molar-refractivity contribution in [3.05, 3.63) is 87.2 Å². The van der Waals surface area contributed by atoms with Crippen LogP contribution in [0.5, 0.6) is 0 Å². The number of benzene rings is 2. The lowest BCUT2D eigenvalue weighted by Crippen LogP contribution is -2.33. The minimum Gasteiger partial charge on any atom is -0.351 e. The maximum atomic E-state index is 12.3. The van der Waals surface area contributed by atoms with Gasteiger partial charge in [0.1, 0.15) is 0 Å². The Bertz CT molecular complexity index is 1070. The number of aromatic amines is 1. The molecular formula is C22H22ClN3O2. The molecule has 1 amide bonds. The lowest BCUT2D eigenvalue weighted by atomic mass is 10.1. The monoisotopic (exact) mass is 395 g/mol. The predicted octanol–water partition coefficient (Wildman–Crippen LogP) is 3.61. The molecule has 5 nitrogen and oxygen atoms in total. The third kappa shape index (κ3) is 4.68. The smallest absolute Gasteiger partial charge is 0.255 e. The Morgan fingerprint density at radius 2 is 1.89 bits per heavy atom. The van der Waals surface area contributed by atoms with Crippen LogP contribution in [0.15, 0.2) is 65.5 Å². The third-order valence-electron chi connectivity index (χ3n) is 4.55. The van der Waals surface area contributed by atoms with Gasteiger partial charge in [-0.05, 0) is 49.3 Å². The molecule has 0 aliphatic carbocycles. The van der Waals surface area contributed by atoms with E-state index in [1.165, 1.54) is 12.2 Å². The van der Waals surface area contributed by atoms with E-state index >= 15 is 0 Å². The molecule has 0 radical (unpaired) electrons. The van der Waals surface area contributed by atoms with Crippen molar-refractivity contribution in [1.82, 2.24) is 15.2 Å². The lowest BCUT2D eigenvalue weighted by Gasteiger charge is -2.25. The maximum absolute atomic E-state index is 12.3. The van der Waals surface area contributed by atoms with Crippen molar-refractivity contribution in [3.63, 3.8) is 0 Å². The molecule has 6 heteroatoms. The van der Waals surface area contributed by atoms with Gasteiger partial charge < -0.3 is 15.2 Å². The first kappa shape index (κ1) is 19.9. The van der Waals surface area contributed by atoms with Crippen molar-refractivity contribution in [2.75, 3.05) is 20.6 Å². The van der Waals surface area contributed by atoms with Crippen LogP contribution in [-0.2, 0) is 4.79 Å². The minimum atomic E-state index is -0.272. The quantitative estimate of drug-likeness (QED) is 0.626. The first-order chi connectivity index (χ1) is 13.5. The number of aromatic nitrogens is 1. The molecule has 0 fully saturated rings. The number of carbonyl (C=O) groups is 1. The van der Waals surface area contributed by atoms with Gasteiger partial charge in [0.2, 0.25) is 5.91 Å². The maximum Gasteiger partial charge on any atom is 0.255 e. The molecule has 1 heterocycles. The predicted molar refractivity (Wildman–Crippen MR) is 114 cm³/mol. The molecule has 0 saturated heterocycles. The summed E-state index contributed by atoms with van der Waals surface area (Å²) in [6, 6.07) is 16.8. The van der Waals surface area contributed by atoms with Crippen LogP contribution in [0.3, 0.4) is 0 Å². The summed E-state index contributed by atoms with van der Waals surface area (Å²) in [5.41, 5.74) is 1.92. The standard InChI is InChI=1S/C22H22ClN3O2/c1-26(2)20(17-8-4-5-9-18(17)23)14-24-21(27)12-11-16-13-15-7-3-6-10-19(15)25-22(16)28/h3-13,20H,14H2,1-2H3,(H,24,27)(H,25,28)/b12-11+. The molecular weight excluding hydrogens is 374 g/mol. The van der Waals surface area contributed by atoms with Gasteiger partial charge in [-0.25, -0.2) is 0 Å². The van der Waals surface area contributed by atoms with E-state index in [1.54, 1.807) is 6.07 Å². The fourth-order valence-corrected chi connectivity index (χ4v) is 3.29. The topological polar surface area (TPSA) is 65.2 Å². The van der Waals surface area contributed by atoms with Crippen molar-refractivity contribution in [1.29, 1.82) is 0 Å². The van der Waals surface area contributed by atoms with E-state index in [0.29, 0.717) is 17.1 Å². The zero-order valence-corrected chi connectivity index (χ0v) is 16.5. The fourth-order valence-electron chi connectivity index (χ4n) is 3.03. The molecule has 0 saturated carbocycles. The van der Waals surface area contributed by atoms with Crippen LogP contribution in [0.4, 0.5) is 0 Å². The van der Waals surface area contributed by atoms with Crippen LogP contribution in [-0.4, -0.2) is 36.4 Å². The number of hydrogen-bond donors (Lipinski definition) is 2. The highest BCUT2D eigenvalue weighted by Gasteiger charge is 2.17. The van der Waals surface area contributed by atoms with E-state index in [4.69, 9.17) is 11.6 Å². The average molecular weight is 396 g/mol. The van der Waals surface area contributed by atoms with E-state index in [-0.39, 0.29) is 17.5 Å². The molecule has 1 aromatic heterocycles. The molecule has 28 heavy (non-hydrogen) atoms. The molecule has 144 valence electrons. The molecule has 3 rings (SSSR count). The van der Waals surface area contributed by atoms with Crippen LogP contribution in [0.2, 0.25) is 5.02 Å². The van der Waals surface area contributed by atoms with Crippen molar-refractivity contribution in [3.8, 4) is 0 Å². The molecule has 2 aromatic carbocycles. The number of H-pyrrole nitrogens is 1. The van der Waals surface area contributed by atoms with Gasteiger partial charge in [-0.2, -0.15) is 0 Å². The van der Waals surface area contributed by atoms with E-state index < -0.39 is 0 Å². The van der Waals surface area contributed by atoms with Gasteiger partial charge in [-0.1, -0.05) is 48.0 Å². The van der Waals surface area contributed by atoms with Crippen molar-refractivity contribution in [2.45, 2.75) is 6.04 Å². The van der Waals surface area contributed by atoms with Crippen LogP contribution < -0.4 is 10.9 Å². The molecule has 0 spiro atoms. The summed E-state index contributed by atoms with van der Waals surface area (Å²) in [6.07, 6.45) is 2.90. The number of amides is 1. The normalized spacial score (nSPS) is 12.6. The second-order valence-corrected chi connectivity index (χ2v) is 7.13. The van der Waals surface area contributed by atoms with E-state index in [9.17, 15) is 9.59 Å². The number of para-hydroxylation sites is 1. The number of rotatable bonds is 6. The highest BCUT2D eigenvalue weighted by Crippen LogP contribution is 2.25. The summed E-state index contributed by atoms with van der Waals surface area (Å²) in [6.45, 7) is 0.397. The number of nitrogens with one attached hydrogen (secondary N) is 2. The van der Waals surface area contributed by atoms with E-state index in [0.717, 1.165) is 16.5 Å². The Kier molecular flexibility index (Phi) is 6.29. The van der Waals surface area contributed by atoms with Crippen LogP contribution in [0.1, 0.15) is 17.2 Å². The van der Waals surface area contributed by atoms with Crippen LogP contribution in [0, 0.1) is 0 Å². The number of likely N-dealkylation sites (N-methyl/N-ethyl adjacent to an activating group) is 1. The summed E-state index contributed by atoms with van der Waals surface area (Å²) in [7, 11) is 3.87. The Morgan fingerprint density at radius 3 is 2.64 bits per heavy atom. The van der Waals surface area contributed by atoms with Crippen molar-refractivity contribution < 1.29 is 4.79 Å². The summed E-state index contributed by atoms with van der Waals surface area (Å²) in [5.74, 6) is -0.272. The average Bonchev–Trinajstić information content (AvgIpc) is 2.67. The zero-order valence-electron chi connectivity index (χ0n) is 15.8. The molecule has 1 atom stereocenters. The number of halogens is 1. The van der Waals surface area contributed by atoms with Gasteiger partial charge in [0.05, 0.1) is 6.04 Å². The van der Waals surface area contributed by atoms with Gasteiger partial charge in [0, 0.05) is 28.7 Å². The van der Waals surface area contributed by atoms with Gasteiger partial charge in [-0.3, -0.25) is 9.59 Å². The Morgan fingerprint density at radius 1 is 1.18 bits per heavy atom. The van der Waals surface area contributed by atoms with Gasteiger partial charge in [-0.15, -0.1) is 0 Å². The second-order valence-electron chi connectivity index (χ2n) is 6.72. The number of hydrogen-bond acceptors (Lipinski definition) is 3. The number of carbonyl (C=O) groups excluding carboxylic acids is 1. The largest absolute Gasteiger partial charge is 0.351 e. The minimum absolute atomic E-state index is 0.0601. The highest BCUT2D eigenvalue weighted by molar-refractivity contribution is 6.31. The van der Waals surface area contributed by atoms with Crippen LogP contribution >= 0.6 is 11.6 Å². The summed E-state index contributed by atoms with van der Waals surface area (Å²) < 4.78 is 0. The van der Waals surface area contributed by atoms with Gasteiger partial charge in [0.25, 0.3) is 5.56 Å².